The monoisotopic (exact) mass is 496 g/mol. The second-order valence-corrected chi connectivity index (χ2v) is 9.03. The highest BCUT2D eigenvalue weighted by Crippen LogP contribution is 2.14. The zero-order chi connectivity index (χ0) is 24.4. The number of carbonyl (C=O) groups excluding carboxylic acids is 1. The molecule has 0 aromatic heterocycles. The van der Waals surface area contributed by atoms with Gasteiger partial charge in [-0.3, -0.25) is 20.4 Å². The van der Waals surface area contributed by atoms with Crippen LogP contribution in [0.4, 0.5) is 5.69 Å². The SMILES string of the molecule is COc1ccc(CNC(=S)NNC(=O)c2cccc(NS(=O)(=O)/C=C/c3ccccc3)c2)cc1. The summed E-state index contributed by atoms with van der Waals surface area (Å²) in [5.74, 6) is 0.280. The number of ether oxygens (including phenoxy) is 1. The minimum absolute atomic E-state index is 0.229. The van der Waals surface area contributed by atoms with E-state index in [4.69, 9.17) is 17.0 Å². The number of benzene rings is 3. The largest absolute Gasteiger partial charge is 0.497 e. The van der Waals surface area contributed by atoms with Crippen LogP contribution in [-0.2, 0) is 16.6 Å². The second kappa shape index (κ2) is 11.8. The van der Waals surface area contributed by atoms with Gasteiger partial charge in [0.15, 0.2) is 5.11 Å². The lowest BCUT2D eigenvalue weighted by Gasteiger charge is -2.12. The molecular formula is C24H24N4O4S2. The Morgan fingerprint density at radius 2 is 1.71 bits per heavy atom. The van der Waals surface area contributed by atoms with Crippen molar-refractivity contribution in [2.45, 2.75) is 6.54 Å². The summed E-state index contributed by atoms with van der Waals surface area (Å²) >= 11 is 5.18. The summed E-state index contributed by atoms with van der Waals surface area (Å²) < 4.78 is 32.3. The van der Waals surface area contributed by atoms with Gasteiger partial charge in [-0.15, -0.1) is 0 Å². The summed E-state index contributed by atoms with van der Waals surface area (Å²) in [7, 11) is -2.16. The minimum atomic E-state index is -3.76. The van der Waals surface area contributed by atoms with Gasteiger partial charge in [0.2, 0.25) is 0 Å². The van der Waals surface area contributed by atoms with Gasteiger partial charge in [0.1, 0.15) is 5.75 Å². The summed E-state index contributed by atoms with van der Waals surface area (Å²) in [4.78, 5) is 12.5. The Morgan fingerprint density at radius 3 is 2.41 bits per heavy atom. The van der Waals surface area contributed by atoms with Crippen LogP contribution in [0.2, 0.25) is 0 Å². The molecule has 176 valence electrons. The van der Waals surface area contributed by atoms with E-state index < -0.39 is 15.9 Å². The van der Waals surface area contributed by atoms with Crippen LogP contribution in [-0.4, -0.2) is 26.5 Å². The van der Waals surface area contributed by atoms with Crippen molar-refractivity contribution in [3.63, 3.8) is 0 Å². The Hall–Kier alpha value is -3.89. The van der Waals surface area contributed by atoms with Gasteiger partial charge in [0.05, 0.1) is 12.5 Å². The molecule has 0 aliphatic heterocycles. The Kier molecular flexibility index (Phi) is 8.60. The molecule has 0 saturated carbocycles. The van der Waals surface area contributed by atoms with Crippen molar-refractivity contribution >= 4 is 45.0 Å². The number of hydrazine groups is 1. The lowest BCUT2D eigenvalue weighted by atomic mass is 10.2. The predicted molar refractivity (Wildman–Crippen MR) is 137 cm³/mol. The first kappa shape index (κ1) is 24.7. The van der Waals surface area contributed by atoms with Crippen LogP contribution in [0.15, 0.2) is 84.3 Å². The maximum absolute atomic E-state index is 12.5. The fourth-order valence-electron chi connectivity index (χ4n) is 2.81. The van der Waals surface area contributed by atoms with Crippen LogP contribution in [0, 0.1) is 0 Å². The van der Waals surface area contributed by atoms with Crippen LogP contribution >= 0.6 is 12.2 Å². The summed E-state index contributed by atoms with van der Waals surface area (Å²) in [6.45, 7) is 0.458. The third-order valence-corrected chi connectivity index (χ3v) is 5.79. The molecule has 3 rings (SSSR count). The van der Waals surface area contributed by atoms with E-state index in [0.717, 1.165) is 22.3 Å². The van der Waals surface area contributed by atoms with E-state index in [1.165, 1.54) is 12.1 Å². The van der Waals surface area contributed by atoms with Crippen molar-refractivity contribution in [1.82, 2.24) is 16.2 Å². The average Bonchev–Trinajstić information content (AvgIpc) is 2.85. The van der Waals surface area contributed by atoms with Crippen LogP contribution in [0.3, 0.4) is 0 Å². The van der Waals surface area contributed by atoms with Crippen molar-refractivity contribution in [3.05, 3.63) is 101 Å². The smallest absolute Gasteiger partial charge is 0.269 e. The van der Waals surface area contributed by atoms with E-state index in [-0.39, 0.29) is 16.4 Å². The van der Waals surface area contributed by atoms with Gasteiger partial charge in [-0.1, -0.05) is 48.5 Å². The minimum Gasteiger partial charge on any atom is -0.497 e. The molecule has 0 aliphatic carbocycles. The number of nitrogens with one attached hydrogen (secondary N) is 4. The van der Waals surface area contributed by atoms with E-state index >= 15 is 0 Å². The molecule has 3 aromatic rings. The number of thiocarbonyl (C=S) groups is 1. The summed E-state index contributed by atoms with van der Waals surface area (Å²) in [6, 6.07) is 22.7. The molecule has 0 fully saturated rings. The van der Waals surface area contributed by atoms with Gasteiger partial charge < -0.3 is 10.1 Å². The molecule has 0 radical (unpaired) electrons. The molecule has 0 saturated heterocycles. The van der Waals surface area contributed by atoms with Crippen molar-refractivity contribution < 1.29 is 17.9 Å². The van der Waals surface area contributed by atoms with E-state index in [2.05, 4.69) is 20.9 Å². The van der Waals surface area contributed by atoms with E-state index in [0.29, 0.717) is 6.54 Å². The maximum atomic E-state index is 12.5. The molecule has 8 nitrogen and oxygen atoms in total. The Morgan fingerprint density at radius 1 is 0.971 bits per heavy atom. The van der Waals surface area contributed by atoms with Gasteiger partial charge in [-0.2, -0.15) is 0 Å². The molecule has 0 atom stereocenters. The lowest BCUT2D eigenvalue weighted by molar-refractivity contribution is 0.0943. The van der Waals surface area contributed by atoms with Crippen LogP contribution < -0.4 is 25.6 Å². The van der Waals surface area contributed by atoms with Crippen molar-refractivity contribution in [1.29, 1.82) is 0 Å². The topological polar surface area (TPSA) is 109 Å². The number of hydrogen-bond acceptors (Lipinski definition) is 5. The summed E-state index contributed by atoms with van der Waals surface area (Å²) in [6.07, 6.45) is 1.49. The highest BCUT2D eigenvalue weighted by atomic mass is 32.2. The van der Waals surface area contributed by atoms with E-state index in [1.807, 2.05) is 42.5 Å². The number of anilines is 1. The lowest BCUT2D eigenvalue weighted by Crippen LogP contribution is -2.46. The Balaban J connectivity index is 1.51. The standard InChI is InChI=1S/C24H24N4O4S2/c1-32-22-12-10-19(11-13-22)17-25-24(33)27-26-23(29)20-8-5-9-21(16-20)28-34(30,31)15-14-18-6-3-2-4-7-18/h2-16,28H,17H2,1H3,(H,26,29)(H2,25,27,33)/b15-14+. The quantitative estimate of drug-likeness (QED) is 0.280. The van der Waals surface area contributed by atoms with Crippen LogP contribution in [0.5, 0.6) is 5.75 Å². The second-order valence-electron chi connectivity index (χ2n) is 7.05. The molecule has 0 unspecified atom stereocenters. The Labute approximate surface area is 204 Å². The number of rotatable bonds is 8. The van der Waals surface area contributed by atoms with Crippen LogP contribution in [0.1, 0.15) is 21.5 Å². The number of carbonyl (C=O) groups is 1. The van der Waals surface area contributed by atoms with E-state index in [9.17, 15) is 13.2 Å². The zero-order valence-corrected chi connectivity index (χ0v) is 19.9. The van der Waals surface area contributed by atoms with Crippen LogP contribution in [0.25, 0.3) is 6.08 Å². The molecule has 3 aromatic carbocycles. The summed E-state index contributed by atoms with van der Waals surface area (Å²) in [5, 5.41) is 4.28. The third kappa shape index (κ3) is 7.91. The van der Waals surface area contributed by atoms with Gasteiger partial charge in [-0.05, 0) is 59.8 Å². The molecule has 0 heterocycles. The van der Waals surface area contributed by atoms with Gasteiger partial charge >= 0.3 is 0 Å². The highest BCUT2D eigenvalue weighted by Gasteiger charge is 2.10. The fourth-order valence-corrected chi connectivity index (χ4v) is 3.79. The molecule has 34 heavy (non-hydrogen) atoms. The number of methoxy groups -OCH3 is 1. The molecule has 0 aliphatic rings. The number of hydrogen-bond donors (Lipinski definition) is 4. The highest BCUT2D eigenvalue weighted by molar-refractivity contribution is 7.95. The normalized spacial score (nSPS) is 11.0. The third-order valence-electron chi connectivity index (χ3n) is 4.53. The molecule has 10 heteroatoms. The van der Waals surface area contributed by atoms with Crippen molar-refractivity contribution in [3.8, 4) is 5.75 Å². The van der Waals surface area contributed by atoms with Crippen molar-refractivity contribution in [2.75, 3.05) is 11.8 Å². The fraction of sp³-hybridized carbons (Fsp3) is 0.0833. The van der Waals surface area contributed by atoms with E-state index in [1.54, 1.807) is 37.4 Å². The molecule has 0 spiro atoms. The summed E-state index contributed by atoms with van der Waals surface area (Å²) in [5.41, 5.74) is 7.35. The first-order valence-corrected chi connectivity index (χ1v) is 12.1. The van der Waals surface area contributed by atoms with Gasteiger partial charge in [0.25, 0.3) is 15.9 Å². The molecule has 0 bridgehead atoms. The zero-order valence-electron chi connectivity index (χ0n) is 18.3. The number of amides is 1. The first-order valence-electron chi connectivity index (χ1n) is 10.2. The molecule has 1 amide bonds. The first-order chi connectivity index (χ1) is 16.3. The molecular weight excluding hydrogens is 472 g/mol. The maximum Gasteiger partial charge on any atom is 0.269 e. The average molecular weight is 497 g/mol. The number of sulfonamides is 1. The van der Waals surface area contributed by atoms with Gasteiger partial charge in [0, 0.05) is 17.8 Å². The van der Waals surface area contributed by atoms with Crippen molar-refractivity contribution in [2.24, 2.45) is 0 Å². The Bertz CT molecular complexity index is 1260. The predicted octanol–water partition coefficient (Wildman–Crippen LogP) is 3.42. The molecule has 4 N–H and O–H groups in total. The van der Waals surface area contributed by atoms with Gasteiger partial charge in [-0.25, -0.2) is 8.42 Å².